The molecule has 0 unspecified atom stereocenters. The van der Waals surface area contributed by atoms with Gasteiger partial charge in [0.2, 0.25) is 0 Å². The number of hydrogen-bond donors (Lipinski definition) is 0. The van der Waals surface area contributed by atoms with Crippen LogP contribution < -0.4 is 0 Å². The van der Waals surface area contributed by atoms with Gasteiger partial charge in [-0.2, -0.15) is 0 Å². The fourth-order valence-electron chi connectivity index (χ4n) is 0.372. The Balaban J connectivity index is 2.48. The summed E-state index contributed by atoms with van der Waals surface area (Å²) < 4.78 is 7.00. The zero-order valence-electron chi connectivity index (χ0n) is 4.92. The summed E-state index contributed by atoms with van der Waals surface area (Å²) in [5.74, 6) is 0. The van der Waals surface area contributed by atoms with Gasteiger partial charge in [-0.15, -0.1) is 0 Å². The van der Waals surface area contributed by atoms with Crippen LogP contribution in [0.1, 0.15) is 14.2 Å². The van der Waals surface area contributed by atoms with E-state index >= 15 is 0 Å². The van der Waals surface area contributed by atoms with Gasteiger partial charge in [-0.3, -0.25) is 0 Å². The fourth-order valence-corrected chi connectivity index (χ4v) is 0.372. The molecule has 0 bridgehead atoms. The molecule has 1 rings (SSSR count). The molecule has 7 heavy (non-hydrogen) atoms. The van der Waals surface area contributed by atoms with Gasteiger partial charge in [-0.05, 0) is 18.9 Å². The van der Waals surface area contributed by atoms with E-state index in [1.807, 2.05) is 6.08 Å². The Morgan fingerprint density at radius 2 is 2.71 bits per heavy atom. The Morgan fingerprint density at radius 3 is 3.71 bits per heavy atom. The highest BCUT2D eigenvalue weighted by Gasteiger charge is 1.80. The molecule has 0 atom stereocenters. The summed E-state index contributed by atoms with van der Waals surface area (Å²) >= 11 is 0. The lowest BCUT2D eigenvalue weighted by Crippen LogP contribution is -1.67. The minimum atomic E-state index is 0.315. The fraction of sp³-hybridized carbons (Fsp3) is 0.400. The van der Waals surface area contributed by atoms with Crippen molar-refractivity contribution >= 4 is 6.19 Å². The number of oxime groups is 1. The number of nitrogens with zero attached hydrogens (tertiary/aromatic N) is 1. The number of rotatable bonds is 0. The molecular formula is C5H7NO. The molecule has 0 spiro atoms. The molecule has 38 valence electrons. The van der Waals surface area contributed by atoms with Crippen LogP contribution in [0.4, 0.5) is 0 Å². The van der Waals surface area contributed by atoms with Gasteiger partial charge in [0.05, 0.1) is 1.37 Å². The first-order valence-corrected chi connectivity index (χ1v) is 2.24. The quantitative estimate of drug-likeness (QED) is 0.447. The molecule has 0 saturated carbocycles. The topological polar surface area (TPSA) is 21.6 Å². The molecule has 0 N–H and O–H groups in total. The molecular weight excluding hydrogens is 90.1 g/mol. The molecule has 0 aromatic carbocycles. The van der Waals surface area contributed by atoms with Gasteiger partial charge in [-0.1, -0.05) is 5.16 Å². The Labute approximate surface area is 43.9 Å². The van der Waals surface area contributed by atoms with Gasteiger partial charge >= 0.3 is 0 Å². The Kier molecular flexibility index (Phi) is 1.11. The van der Waals surface area contributed by atoms with Crippen LogP contribution in [0.3, 0.4) is 0 Å². The Hall–Kier alpha value is -0.790. The molecule has 2 heteroatoms. The molecule has 0 radical (unpaired) electrons. The minimum absolute atomic E-state index is 0.315. The molecule has 0 aromatic rings. The van der Waals surface area contributed by atoms with E-state index in [-0.39, 0.29) is 0 Å². The third kappa shape index (κ3) is 1.39. The van der Waals surface area contributed by atoms with E-state index in [0.717, 1.165) is 6.42 Å². The predicted molar refractivity (Wildman–Crippen MR) is 28.0 cm³/mol. The highest BCUT2D eigenvalue weighted by atomic mass is 16.6. The van der Waals surface area contributed by atoms with E-state index in [1.54, 1.807) is 0 Å². The average molecular weight is 98.1 g/mol. The standard InChI is InChI=1S/C5H7NO/c1-2-4-6-7-5-3-1/h3-5H,1-2H2/i4D. The molecule has 0 aromatic heterocycles. The molecule has 1 heterocycles. The lowest BCUT2D eigenvalue weighted by Gasteiger charge is -1.77. The van der Waals surface area contributed by atoms with Crippen LogP contribution in [0.2, 0.25) is 0 Å². The second-order valence-electron chi connectivity index (χ2n) is 1.27. The molecule has 2 nitrogen and oxygen atoms in total. The van der Waals surface area contributed by atoms with Crippen LogP contribution in [0.15, 0.2) is 17.5 Å². The highest BCUT2D eigenvalue weighted by molar-refractivity contribution is 5.56. The molecule has 0 aliphatic carbocycles. The van der Waals surface area contributed by atoms with Gasteiger partial charge in [0.25, 0.3) is 0 Å². The van der Waals surface area contributed by atoms with Crippen molar-refractivity contribution in [1.29, 1.82) is 0 Å². The molecule has 0 amide bonds. The molecule has 0 saturated heterocycles. The maximum atomic E-state index is 7.00. The second kappa shape index (κ2) is 2.39. The van der Waals surface area contributed by atoms with Crippen molar-refractivity contribution in [2.24, 2.45) is 5.16 Å². The van der Waals surface area contributed by atoms with Gasteiger partial charge < -0.3 is 4.84 Å². The van der Waals surface area contributed by atoms with E-state index in [2.05, 4.69) is 9.99 Å². The third-order valence-electron chi connectivity index (χ3n) is 0.697. The first-order chi connectivity index (χ1) is 3.89. The summed E-state index contributed by atoms with van der Waals surface area (Å²) in [6.07, 6.45) is 5.22. The van der Waals surface area contributed by atoms with Crippen LogP contribution in [0, 0.1) is 0 Å². The average Bonchev–Trinajstić information content (AvgIpc) is 1.94. The van der Waals surface area contributed by atoms with E-state index < -0.39 is 0 Å². The van der Waals surface area contributed by atoms with E-state index in [0.29, 0.717) is 12.6 Å². The van der Waals surface area contributed by atoms with Crippen LogP contribution >= 0.6 is 0 Å². The van der Waals surface area contributed by atoms with E-state index in [4.69, 9.17) is 1.37 Å². The van der Waals surface area contributed by atoms with Crippen molar-refractivity contribution in [3.05, 3.63) is 12.3 Å². The summed E-state index contributed by atoms with van der Waals surface area (Å²) in [6, 6.07) is 0. The van der Waals surface area contributed by atoms with Crippen LogP contribution in [0.5, 0.6) is 0 Å². The summed E-state index contributed by atoms with van der Waals surface area (Å²) in [4.78, 5) is 4.53. The third-order valence-corrected chi connectivity index (χ3v) is 0.697. The second-order valence-corrected chi connectivity index (χ2v) is 1.27. The van der Waals surface area contributed by atoms with Crippen molar-refractivity contribution in [3.63, 3.8) is 0 Å². The molecule has 0 fully saturated rings. The van der Waals surface area contributed by atoms with Crippen molar-refractivity contribution in [1.82, 2.24) is 0 Å². The SMILES string of the molecule is [2H]C1=NOC=CCC1. The zero-order valence-corrected chi connectivity index (χ0v) is 3.92. The van der Waals surface area contributed by atoms with Crippen LogP contribution in [-0.2, 0) is 4.84 Å². The van der Waals surface area contributed by atoms with E-state index in [9.17, 15) is 0 Å². The normalized spacial score (nSPS) is 21.7. The van der Waals surface area contributed by atoms with Crippen molar-refractivity contribution < 1.29 is 6.21 Å². The molecule has 1 aliphatic rings. The maximum Gasteiger partial charge on any atom is 0.118 e. The predicted octanol–water partition coefficient (Wildman–Crippen LogP) is 1.30. The van der Waals surface area contributed by atoms with Crippen molar-refractivity contribution in [2.45, 2.75) is 12.8 Å². The zero-order chi connectivity index (χ0) is 5.82. The Morgan fingerprint density at radius 1 is 1.71 bits per heavy atom. The van der Waals surface area contributed by atoms with Gasteiger partial charge in [0.1, 0.15) is 6.26 Å². The first kappa shape index (κ1) is 3.24. The summed E-state index contributed by atoms with van der Waals surface area (Å²) in [6.45, 7) is 0. The van der Waals surface area contributed by atoms with E-state index in [1.165, 1.54) is 6.26 Å². The number of allylic oxidation sites excluding steroid dienone is 1. The van der Waals surface area contributed by atoms with Crippen LogP contribution in [0.25, 0.3) is 0 Å². The smallest absolute Gasteiger partial charge is 0.118 e. The van der Waals surface area contributed by atoms with Gasteiger partial charge in [-0.25, -0.2) is 0 Å². The summed E-state index contributed by atoms with van der Waals surface area (Å²) in [5.41, 5.74) is 0. The Bertz CT molecular complexity index is 130. The number of hydrogen-bond acceptors (Lipinski definition) is 2. The minimum Gasteiger partial charge on any atom is -0.366 e. The monoisotopic (exact) mass is 98.1 g/mol. The highest BCUT2D eigenvalue weighted by Crippen LogP contribution is 1.93. The summed E-state index contributed by atoms with van der Waals surface area (Å²) in [7, 11) is 0. The van der Waals surface area contributed by atoms with Gasteiger partial charge in [0.15, 0.2) is 0 Å². The first-order valence-electron chi connectivity index (χ1n) is 2.74. The van der Waals surface area contributed by atoms with Crippen molar-refractivity contribution in [2.75, 3.05) is 0 Å². The lowest BCUT2D eigenvalue weighted by molar-refractivity contribution is 0.271. The summed E-state index contributed by atoms with van der Waals surface area (Å²) in [5, 5.41) is 3.42. The van der Waals surface area contributed by atoms with Crippen molar-refractivity contribution in [3.8, 4) is 0 Å². The maximum absolute atomic E-state index is 7.00. The van der Waals surface area contributed by atoms with Gasteiger partial charge in [0, 0.05) is 6.19 Å². The largest absolute Gasteiger partial charge is 0.366 e. The lowest BCUT2D eigenvalue weighted by atomic mass is 10.3. The van der Waals surface area contributed by atoms with Crippen LogP contribution in [-0.4, -0.2) is 6.19 Å². The molecule has 1 aliphatic heterocycles.